The number of nitrogens with one attached hydrogen (secondary N) is 1. The van der Waals surface area contributed by atoms with Crippen LogP contribution in [0, 0.1) is 0 Å². The van der Waals surface area contributed by atoms with Gasteiger partial charge in [0.05, 0.1) is 10.9 Å². The van der Waals surface area contributed by atoms with Crippen LogP contribution >= 0.6 is 27.3 Å². The Morgan fingerprint density at radius 1 is 1.21 bits per heavy atom. The second kappa shape index (κ2) is 5.75. The van der Waals surface area contributed by atoms with Gasteiger partial charge in [0.25, 0.3) is 0 Å². The maximum atomic E-state index is 11.4. The van der Waals surface area contributed by atoms with Gasteiger partial charge in [0.2, 0.25) is 0 Å². The first-order chi connectivity index (χ1) is 8.93. The van der Waals surface area contributed by atoms with Crippen molar-refractivity contribution in [3.05, 3.63) is 50.6 Å². The summed E-state index contributed by atoms with van der Waals surface area (Å²) < 4.78 is 23.9. The summed E-state index contributed by atoms with van der Waals surface area (Å²) in [6.07, 6.45) is 1.22. The van der Waals surface area contributed by atoms with Crippen molar-refractivity contribution in [2.24, 2.45) is 0 Å². The zero-order chi connectivity index (χ0) is 14.0. The first-order valence-electron chi connectivity index (χ1n) is 5.63. The molecular formula is C13H14BrNO2S2. The molecule has 0 bridgehead atoms. The van der Waals surface area contributed by atoms with Crippen LogP contribution in [0.4, 0.5) is 0 Å². The third-order valence-corrected chi connectivity index (χ3v) is 5.90. The van der Waals surface area contributed by atoms with Crippen molar-refractivity contribution in [2.45, 2.75) is 10.9 Å². The van der Waals surface area contributed by atoms with E-state index < -0.39 is 9.84 Å². The van der Waals surface area contributed by atoms with E-state index in [1.54, 1.807) is 23.5 Å². The lowest BCUT2D eigenvalue weighted by Gasteiger charge is -2.16. The van der Waals surface area contributed by atoms with Crippen molar-refractivity contribution in [1.82, 2.24) is 5.32 Å². The van der Waals surface area contributed by atoms with Gasteiger partial charge in [-0.05, 0) is 52.1 Å². The molecule has 0 radical (unpaired) electrons. The fourth-order valence-electron chi connectivity index (χ4n) is 1.87. The molecule has 6 heteroatoms. The third-order valence-electron chi connectivity index (χ3n) is 2.84. The van der Waals surface area contributed by atoms with Crippen LogP contribution in [0.15, 0.2) is 45.1 Å². The van der Waals surface area contributed by atoms with E-state index in [2.05, 4.69) is 21.2 Å². The summed E-state index contributed by atoms with van der Waals surface area (Å²) in [4.78, 5) is 1.52. The van der Waals surface area contributed by atoms with Gasteiger partial charge in [0.15, 0.2) is 9.84 Å². The van der Waals surface area contributed by atoms with E-state index >= 15 is 0 Å². The lowest BCUT2D eigenvalue weighted by molar-refractivity contribution is 0.601. The Bertz CT molecular complexity index is 662. The van der Waals surface area contributed by atoms with Gasteiger partial charge in [-0.2, -0.15) is 0 Å². The highest BCUT2D eigenvalue weighted by Crippen LogP contribution is 2.33. The highest BCUT2D eigenvalue weighted by atomic mass is 79.9. The fourth-order valence-corrected chi connectivity index (χ4v) is 4.24. The van der Waals surface area contributed by atoms with Gasteiger partial charge in [-0.3, -0.25) is 0 Å². The lowest BCUT2D eigenvalue weighted by Crippen LogP contribution is -2.16. The normalized spacial score (nSPS) is 13.4. The van der Waals surface area contributed by atoms with E-state index in [9.17, 15) is 8.42 Å². The van der Waals surface area contributed by atoms with E-state index in [4.69, 9.17) is 0 Å². The monoisotopic (exact) mass is 359 g/mol. The average Bonchev–Trinajstić information content (AvgIpc) is 2.76. The molecule has 3 nitrogen and oxygen atoms in total. The Balaban J connectivity index is 2.38. The molecule has 0 aliphatic rings. The van der Waals surface area contributed by atoms with Gasteiger partial charge in [-0.25, -0.2) is 8.42 Å². The molecule has 1 heterocycles. The maximum Gasteiger partial charge on any atom is 0.175 e. The van der Waals surface area contributed by atoms with E-state index in [0.717, 1.165) is 10.0 Å². The number of benzene rings is 1. The molecule has 102 valence electrons. The summed E-state index contributed by atoms with van der Waals surface area (Å²) in [6, 6.07) is 9.07. The zero-order valence-electron chi connectivity index (χ0n) is 10.6. The molecule has 0 spiro atoms. The smallest absolute Gasteiger partial charge is 0.175 e. The first-order valence-corrected chi connectivity index (χ1v) is 9.20. The van der Waals surface area contributed by atoms with Crippen LogP contribution in [0.1, 0.15) is 16.5 Å². The molecule has 19 heavy (non-hydrogen) atoms. The van der Waals surface area contributed by atoms with Crippen LogP contribution in [0.3, 0.4) is 0 Å². The summed E-state index contributed by atoms with van der Waals surface area (Å²) in [5.41, 5.74) is 1.04. The van der Waals surface area contributed by atoms with Crippen molar-refractivity contribution in [1.29, 1.82) is 0 Å². The molecule has 2 rings (SSSR count). The highest BCUT2D eigenvalue weighted by molar-refractivity contribution is 9.10. The second-order valence-electron chi connectivity index (χ2n) is 4.20. The SMILES string of the molecule is CNC(c1ccc(S(C)(=O)=O)cc1)c1sccc1Br. The van der Waals surface area contributed by atoms with Crippen molar-refractivity contribution >= 4 is 37.1 Å². The van der Waals surface area contributed by atoms with Crippen LogP contribution in [0.25, 0.3) is 0 Å². The Labute approximate surface area is 125 Å². The molecule has 0 saturated carbocycles. The minimum absolute atomic E-state index is 0.0583. The molecular weight excluding hydrogens is 346 g/mol. The van der Waals surface area contributed by atoms with Gasteiger partial charge in [0, 0.05) is 15.6 Å². The van der Waals surface area contributed by atoms with Gasteiger partial charge < -0.3 is 5.32 Å². The number of thiophene rings is 1. The fraction of sp³-hybridized carbons (Fsp3) is 0.231. The first kappa shape index (κ1) is 14.7. The summed E-state index contributed by atoms with van der Waals surface area (Å²) in [6.45, 7) is 0. The van der Waals surface area contributed by atoms with Crippen LogP contribution in [0.2, 0.25) is 0 Å². The highest BCUT2D eigenvalue weighted by Gasteiger charge is 2.17. The number of halogens is 1. The quantitative estimate of drug-likeness (QED) is 0.911. The molecule has 1 aromatic heterocycles. The predicted molar refractivity (Wildman–Crippen MR) is 82.5 cm³/mol. The predicted octanol–water partition coefficient (Wildman–Crippen LogP) is 3.22. The van der Waals surface area contributed by atoms with Crippen LogP contribution in [0.5, 0.6) is 0 Å². The molecule has 0 aliphatic carbocycles. The van der Waals surface area contributed by atoms with Gasteiger partial charge >= 0.3 is 0 Å². The van der Waals surface area contributed by atoms with Crippen molar-refractivity contribution in [2.75, 3.05) is 13.3 Å². The van der Waals surface area contributed by atoms with Crippen LogP contribution in [-0.4, -0.2) is 21.7 Å². The largest absolute Gasteiger partial charge is 0.309 e. The number of hydrogen-bond donors (Lipinski definition) is 1. The minimum atomic E-state index is -3.14. The van der Waals surface area contributed by atoms with Crippen molar-refractivity contribution < 1.29 is 8.42 Å². The lowest BCUT2D eigenvalue weighted by atomic mass is 10.1. The van der Waals surface area contributed by atoms with Crippen molar-refractivity contribution in [3.8, 4) is 0 Å². The molecule has 1 atom stereocenters. The van der Waals surface area contributed by atoms with Gasteiger partial charge in [-0.15, -0.1) is 11.3 Å². The van der Waals surface area contributed by atoms with E-state index in [1.807, 2.05) is 30.6 Å². The molecule has 2 aromatic rings. The molecule has 1 N–H and O–H groups in total. The third kappa shape index (κ3) is 3.25. The molecule has 0 saturated heterocycles. The summed E-state index contributed by atoms with van der Waals surface area (Å²) in [7, 11) is -1.25. The second-order valence-corrected chi connectivity index (χ2v) is 8.01. The zero-order valence-corrected chi connectivity index (χ0v) is 13.8. The molecule has 0 amide bonds. The maximum absolute atomic E-state index is 11.4. The number of hydrogen-bond acceptors (Lipinski definition) is 4. The Hall–Kier alpha value is -0.690. The molecule has 1 aromatic carbocycles. The summed E-state index contributed by atoms with van der Waals surface area (Å²) in [5.74, 6) is 0. The Morgan fingerprint density at radius 2 is 1.84 bits per heavy atom. The van der Waals surface area contributed by atoms with Crippen LogP contribution < -0.4 is 5.32 Å². The number of sulfone groups is 1. The van der Waals surface area contributed by atoms with Crippen molar-refractivity contribution in [3.63, 3.8) is 0 Å². The standard InChI is InChI=1S/C13H14BrNO2S2/c1-15-12(13-11(14)7-8-18-13)9-3-5-10(6-4-9)19(2,16)17/h3-8,12,15H,1-2H3. The minimum Gasteiger partial charge on any atom is -0.309 e. The summed E-state index contributed by atoms with van der Waals surface area (Å²) in [5, 5.41) is 5.27. The van der Waals surface area contributed by atoms with Gasteiger partial charge in [-0.1, -0.05) is 12.1 Å². The topological polar surface area (TPSA) is 46.2 Å². The van der Waals surface area contributed by atoms with Gasteiger partial charge in [0.1, 0.15) is 0 Å². The summed E-state index contributed by atoms with van der Waals surface area (Å²) >= 11 is 5.18. The van der Waals surface area contributed by atoms with E-state index in [0.29, 0.717) is 4.90 Å². The average molecular weight is 360 g/mol. The van der Waals surface area contributed by atoms with E-state index in [-0.39, 0.29) is 6.04 Å². The van der Waals surface area contributed by atoms with Crippen LogP contribution in [-0.2, 0) is 9.84 Å². The Kier molecular flexibility index (Phi) is 4.45. The number of rotatable bonds is 4. The Morgan fingerprint density at radius 3 is 2.26 bits per heavy atom. The van der Waals surface area contributed by atoms with E-state index in [1.165, 1.54) is 11.1 Å². The molecule has 0 fully saturated rings. The molecule has 1 unspecified atom stereocenters. The molecule has 0 aliphatic heterocycles.